The summed E-state index contributed by atoms with van der Waals surface area (Å²) in [5.41, 5.74) is -4.29. The van der Waals surface area contributed by atoms with Crippen LogP contribution < -0.4 is 26.0 Å². The average Bonchev–Trinajstić information content (AvgIpc) is 3.80. The number of Topliss-reactive ketones (excluding diaryl/α,β-unsaturated/α-hetero) is 1. The van der Waals surface area contributed by atoms with Crippen molar-refractivity contribution in [3.8, 4) is 5.75 Å². The number of methoxy groups -OCH3 is 1. The average molecular weight is 951 g/mol. The van der Waals surface area contributed by atoms with Crippen LogP contribution in [0.4, 0.5) is 14.5 Å². The third-order valence-electron chi connectivity index (χ3n) is 15.0. The topological polar surface area (TPSA) is 219 Å². The van der Waals surface area contributed by atoms with Crippen molar-refractivity contribution in [3.63, 3.8) is 0 Å². The van der Waals surface area contributed by atoms with Crippen molar-refractivity contribution in [1.82, 2.24) is 16.0 Å². The van der Waals surface area contributed by atoms with Crippen molar-refractivity contribution < 1.29 is 62.0 Å². The van der Waals surface area contributed by atoms with Crippen LogP contribution in [-0.2, 0) is 44.7 Å². The molecule has 13 atom stereocenters. The Morgan fingerprint density at radius 2 is 1.64 bits per heavy atom. The number of ether oxygens (including phenoxy) is 3. The van der Waals surface area contributed by atoms with Crippen LogP contribution in [0.25, 0.3) is 0 Å². The second-order valence-corrected chi connectivity index (χ2v) is 20.0. The van der Waals surface area contributed by atoms with Crippen molar-refractivity contribution in [2.75, 3.05) is 31.8 Å². The summed E-state index contributed by atoms with van der Waals surface area (Å²) in [6.07, 6.45) is 0.252. The van der Waals surface area contributed by atoms with Crippen LogP contribution in [0.1, 0.15) is 83.3 Å². The number of ketones is 2. The molecule has 362 valence electrons. The number of benzene rings is 2. The number of halogens is 2. The van der Waals surface area contributed by atoms with Crippen LogP contribution in [0.2, 0.25) is 0 Å². The lowest BCUT2D eigenvalue weighted by molar-refractivity contribution is -0.235. The van der Waals surface area contributed by atoms with E-state index >= 15 is 8.78 Å². The minimum absolute atomic E-state index is 0.000520. The highest BCUT2D eigenvalue weighted by Crippen LogP contribution is 2.72. The quantitative estimate of drug-likeness (QED) is 0.140. The summed E-state index contributed by atoms with van der Waals surface area (Å²) in [6.45, 7) is 7.23. The van der Waals surface area contributed by atoms with Gasteiger partial charge in [0.15, 0.2) is 29.1 Å². The highest BCUT2D eigenvalue weighted by atomic mass is 32.2. The lowest BCUT2D eigenvalue weighted by Gasteiger charge is -2.63. The molecule has 2 aromatic carbocycles. The summed E-state index contributed by atoms with van der Waals surface area (Å²) < 4.78 is 52.4. The largest absolute Gasteiger partial charge is 0.495 e. The van der Waals surface area contributed by atoms with E-state index in [0.29, 0.717) is 23.4 Å². The Balaban J connectivity index is 0.971. The molecule has 1 saturated heterocycles. The molecule has 5 aliphatic rings. The summed E-state index contributed by atoms with van der Waals surface area (Å²) in [6, 6.07) is 10.7. The normalized spacial score (nSPS) is 32.8. The number of nitrogens with one attached hydrogen (secondary N) is 4. The van der Waals surface area contributed by atoms with Crippen LogP contribution in [-0.4, -0.2) is 119 Å². The van der Waals surface area contributed by atoms with Gasteiger partial charge in [-0.05, 0) is 107 Å². The van der Waals surface area contributed by atoms with E-state index in [2.05, 4.69) is 21.3 Å². The maximum atomic E-state index is 17.8. The Bertz CT molecular complexity index is 2370. The number of anilines is 1. The fourth-order valence-corrected chi connectivity index (χ4v) is 11.6. The Morgan fingerprint density at radius 3 is 2.31 bits per heavy atom. The molecule has 4 amide bonds. The van der Waals surface area contributed by atoms with Gasteiger partial charge in [0, 0.05) is 35.3 Å². The molecule has 0 bridgehead atoms. The fraction of sp³-hybridized carbons (Fsp3) is 0.551. The number of amides is 4. The number of alkyl halides is 2. The van der Waals surface area contributed by atoms with Crippen molar-refractivity contribution in [2.45, 2.75) is 120 Å². The lowest BCUT2D eigenvalue weighted by atomic mass is 9.44. The van der Waals surface area contributed by atoms with Crippen molar-refractivity contribution >= 4 is 52.6 Å². The third kappa shape index (κ3) is 8.72. The van der Waals surface area contributed by atoms with Crippen LogP contribution in [0.3, 0.4) is 0 Å². The first-order chi connectivity index (χ1) is 31.7. The molecular weight excluding hydrogens is 891 g/mol. The van der Waals surface area contributed by atoms with Gasteiger partial charge < -0.3 is 45.7 Å². The van der Waals surface area contributed by atoms with Gasteiger partial charge in [-0.2, -0.15) is 11.8 Å². The molecule has 18 heteroatoms. The maximum Gasteiger partial charge on any atom is 0.246 e. The smallest absolute Gasteiger partial charge is 0.246 e. The van der Waals surface area contributed by atoms with E-state index in [0.717, 1.165) is 17.2 Å². The number of allylic oxidation sites excluding steroid dienone is 4. The van der Waals surface area contributed by atoms with E-state index in [1.807, 2.05) is 24.5 Å². The molecule has 0 spiro atoms. The molecule has 1 aliphatic heterocycles. The number of hydrogen-bond acceptors (Lipinski definition) is 12. The van der Waals surface area contributed by atoms with Gasteiger partial charge in [-0.15, -0.1) is 0 Å². The Hall–Kier alpha value is -5.01. The predicted molar refractivity (Wildman–Crippen MR) is 244 cm³/mol. The van der Waals surface area contributed by atoms with Gasteiger partial charge in [0.05, 0.1) is 30.3 Å². The summed E-state index contributed by atoms with van der Waals surface area (Å²) in [4.78, 5) is 76.4. The highest BCUT2D eigenvalue weighted by molar-refractivity contribution is 7.99. The number of aliphatic hydroxyl groups is 2. The molecule has 1 unspecified atom stereocenters. The number of rotatable bonds is 16. The molecule has 1 heterocycles. The minimum Gasteiger partial charge on any atom is -0.495 e. The van der Waals surface area contributed by atoms with Gasteiger partial charge in [-0.25, -0.2) is 8.78 Å². The first-order valence-electron chi connectivity index (χ1n) is 22.6. The predicted octanol–water partition coefficient (Wildman–Crippen LogP) is 4.13. The monoisotopic (exact) mass is 950 g/mol. The third-order valence-corrected chi connectivity index (χ3v) is 15.9. The maximum absolute atomic E-state index is 17.8. The zero-order chi connectivity index (χ0) is 48.8. The van der Waals surface area contributed by atoms with Crippen molar-refractivity contribution in [3.05, 3.63) is 83.0 Å². The van der Waals surface area contributed by atoms with Gasteiger partial charge in [-0.1, -0.05) is 43.3 Å². The van der Waals surface area contributed by atoms with Crippen molar-refractivity contribution in [2.24, 2.45) is 22.7 Å². The molecule has 6 N–H and O–H groups in total. The Labute approximate surface area is 392 Å². The summed E-state index contributed by atoms with van der Waals surface area (Å²) in [5.74, 6) is -4.18. The fourth-order valence-electron chi connectivity index (χ4n) is 11.3. The number of aliphatic hydroxyl groups excluding tert-OH is 2. The standard InChI is InChI=1S/C49H60F2N4O11S/c1-25(53-41(60)15-17-52-44(63)27(3)67-7)42(61)54-26(2)43(62)55-36-13-10-29(19-37(36)64-6)18-28-8-11-30(12-9-28)45-65-40-22-32-33-21-35(50)34-20-31(57)14-16-46(34,4)48(33,51)38(58)23-47(32,5)49(40,66-45)39(59)24-56/h8-14,16,19-20,25-27,32-33,35,38,40,45,56,58H,15,17-18,21-24H2,1-7H3,(H,52,63)(H,53,60)(H,54,61)(H,55,62)/t25-,26-,27?,32-,33-,35-,38-,40+,45+,46-,47-,48-,49+/m0/s1. The number of hydrogen-bond donors (Lipinski definition) is 6. The molecular formula is C49H60F2N4O11S. The number of carbonyl (C=O) groups is 6. The minimum atomic E-state index is -2.35. The van der Waals surface area contributed by atoms with Crippen LogP contribution in [0.5, 0.6) is 5.75 Å². The van der Waals surface area contributed by atoms with Crippen molar-refractivity contribution in [1.29, 1.82) is 0 Å². The summed E-state index contributed by atoms with van der Waals surface area (Å²) in [5, 5.41) is 32.5. The summed E-state index contributed by atoms with van der Waals surface area (Å²) >= 11 is 1.38. The number of thioether (sulfide) groups is 1. The number of fused-ring (bicyclic) bond motifs is 7. The summed E-state index contributed by atoms with van der Waals surface area (Å²) in [7, 11) is 1.46. The highest BCUT2D eigenvalue weighted by Gasteiger charge is 2.80. The van der Waals surface area contributed by atoms with Gasteiger partial charge in [-0.3, -0.25) is 28.8 Å². The van der Waals surface area contributed by atoms with Crippen LogP contribution in [0, 0.1) is 22.7 Å². The first-order valence-corrected chi connectivity index (χ1v) is 23.9. The van der Waals surface area contributed by atoms with E-state index in [1.54, 1.807) is 38.1 Å². The first kappa shape index (κ1) is 49.9. The zero-order valence-corrected chi connectivity index (χ0v) is 39.5. The molecule has 15 nitrogen and oxygen atoms in total. The Morgan fingerprint density at radius 1 is 0.955 bits per heavy atom. The molecule has 4 aliphatic carbocycles. The molecule has 2 aromatic rings. The van der Waals surface area contributed by atoms with E-state index in [1.165, 1.54) is 51.8 Å². The van der Waals surface area contributed by atoms with Gasteiger partial charge in [0.25, 0.3) is 0 Å². The molecule has 67 heavy (non-hydrogen) atoms. The van der Waals surface area contributed by atoms with E-state index in [4.69, 9.17) is 14.2 Å². The number of carbonyl (C=O) groups excluding carboxylic acids is 6. The van der Waals surface area contributed by atoms with Crippen LogP contribution >= 0.6 is 11.8 Å². The Kier molecular flexibility index (Phi) is 14.3. The molecule has 3 saturated carbocycles. The van der Waals surface area contributed by atoms with Gasteiger partial charge in [0.2, 0.25) is 23.6 Å². The van der Waals surface area contributed by atoms with Gasteiger partial charge in [0.1, 0.15) is 30.6 Å². The van der Waals surface area contributed by atoms with E-state index in [9.17, 15) is 39.0 Å². The SMILES string of the molecule is COc1cc(Cc2ccc([C@@H]3O[C@@H]4C[C@H]5[C@@H]6C[C@H](F)C7=CC(=O)C=C[C@]7(C)[C@@]6(F)[C@@H](O)C[C@]5(C)[C@]4(C(=O)CO)O3)cc2)ccc1NC(=O)[C@H](C)NC(=O)[C@H](C)NC(=O)CCNC(=O)C(C)SC. The lowest BCUT2D eigenvalue weighted by Crippen LogP contribution is -2.70. The van der Waals surface area contributed by atoms with E-state index < -0.39 is 107 Å². The van der Waals surface area contributed by atoms with Gasteiger partial charge >= 0.3 is 0 Å². The molecule has 0 aromatic heterocycles. The molecule has 0 radical (unpaired) electrons. The van der Waals surface area contributed by atoms with E-state index in [-0.39, 0.29) is 49.0 Å². The second kappa shape index (κ2) is 19.2. The van der Waals surface area contributed by atoms with Crippen LogP contribution in [0.15, 0.2) is 66.3 Å². The molecule has 7 rings (SSSR count). The second-order valence-electron chi connectivity index (χ2n) is 18.9. The molecule has 4 fully saturated rings. The zero-order valence-electron chi connectivity index (χ0n) is 38.7.